The van der Waals surface area contributed by atoms with Crippen molar-refractivity contribution >= 4 is 23.9 Å². The molecule has 0 heterocycles. The summed E-state index contributed by atoms with van der Waals surface area (Å²) in [5.41, 5.74) is 0. The van der Waals surface area contributed by atoms with Crippen LogP contribution in [0.15, 0.2) is 0 Å². The highest BCUT2D eigenvalue weighted by atomic mass is 16.4. The third kappa shape index (κ3) is 6.86. The van der Waals surface area contributed by atoms with E-state index < -0.39 is 42.4 Å². The molecule has 0 spiro atoms. The van der Waals surface area contributed by atoms with Crippen LogP contribution in [0.3, 0.4) is 0 Å². The number of carbonyl (C=O) groups excluding carboxylic acids is 2. The normalized spacial score (nSPS) is 12.9. The molecule has 9 heteroatoms. The maximum atomic E-state index is 11.4. The maximum Gasteiger partial charge on any atom is 0.326 e. The summed E-state index contributed by atoms with van der Waals surface area (Å²) in [5.74, 6) is -3.25. The van der Waals surface area contributed by atoms with Gasteiger partial charge in [0, 0.05) is 6.54 Å². The highest BCUT2D eigenvalue weighted by molar-refractivity contribution is 5.89. The average Bonchev–Trinajstić information content (AvgIpc) is 2.27. The molecule has 0 saturated carbocycles. The number of nitrogens with one attached hydrogen (secondary N) is 3. The number of hydrogen-bond acceptors (Lipinski definition) is 4. The van der Waals surface area contributed by atoms with E-state index in [0.29, 0.717) is 6.54 Å². The number of amides is 3. The first-order valence-electron chi connectivity index (χ1n) is 5.57. The average molecular weight is 275 g/mol. The Balaban J connectivity index is 4.37. The summed E-state index contributed by atoms with van der Waals surface area (Å²) in [4.78, 5) is 43.8. The van der Waals surface area contributed by atoms with E-state index in [4.69, 9.17) is 10.2 Å². The molecule has 0 fully saturated rings. The number of urea groups is 1. The van der Waals surface area contributed by atoms with E-state index >= 15 is 0 Å². The predicted molar refractivity (Wildman–Crippen MR) is 63.5 cm³/mol. The van der Waals surface area contributed by atoms with Crippen molar-refractivity contribution in [3.8, 4) is 0 Å². The fraction of sp³-hybridized carbons (Fsp3) is 0.600. The molecule has 0 saturated heterocycles. The first kappa shape index (κ1) is 16.7. The molecule has 1 unspecified atom stereocenters. The SMILES string of the molecule is CCNC(=O)C(C)NC(=O)N[C@@H](CC(=O)O)C(=O)O. The topological polar surface area (TPSA) is 145 Å². The molecule has 0 aliphatic rings. The Morgan fingerprint density at radius 2 is 1.68 bits per heavy atom. The van der Waals surface area contributed by atoms with Gasteiger partial charge in [0.05, 0.1) is 6.42 Å². The fourth-order valence-electron chi connectivity index (χ4n) is 1.16. The van der Waals surface area contributed by atoms with E-state index in [1.807, 2.05) is 5.32 Å². The quantitative estimate of drug-likeness (QED) is 0.392. The summed E-state index contributed by atoms with van der Waals surface area (Å²) in [6.45, 7) is 3.51. The van der Waals surface area contributed by atoms with Crippen molar-refractivity contribution in [2.24, 2.45) is 0 Å². The molecule has 0 aromatic carbocycles. The predicted octanol–water partition coefficient (Wildman–Crippen LogP) is -1.26. The Morgan fingerprint density at radius 3 is 2.11 bits per heavy atom. The van der Waals surface area contributed by atoms with Gasteiger partial charge < -0.3 is 26.2 Å². The Kier molecular flexibility index (Phi) is 6.94. The summed E-state index contributed by atoms with van der Waals surface area (Å²) in [6, 6.07) is -3.34. The second-order valence-corrected chi connectivity index (χ2v) is 3.72. The molecule has 0 aromatic rings. The summed E-state index contributed by atoms with van der Waals surface area (Å²) < 4.78 is 0. The molecular formula is C10H17N3O6. The third-order valence-corrected chi connectivity index (χ3v) is 2.07. The van der Waals surface area contributed by atoms with E-state index in [9.17, 15) is 19.2 Å². The molecule has 3 amide bonds. The number of likely N-dealkylation sites (N-methyl/N-ethyl adjacent to an activating group) is 1. The van der Waals surface area contributed by atoms with E-state index in [1.54, 1.807) is 6.92 Å². The van der Waals surface area contributed by atoms with Crippen LogP contribution in [0, 0.1) is 0 Å². The minimum absolute atomic E-state index is 0.392. The van der Waals surface area contributed by atoms with Gasteiger partial charge in [-0.25, -0.2) is 9.59 Å². The maximum absolute atomic E-state index is 11.4. The summed E-state index contributed by atoms with van der Waals surface area (Å²) in [7, 11) is 0. The van der Waals surface area contributed by atoms with Crippen molar-refractivity contribution in [3.63, 3.8) is 0 Å². The van der Waals surface area contributed by atoms with E-state index in [2.05, 4.69) is 10.6 Å². The standard InChI is InChI=1S/C10H17N3O6/c1-3-11-8(16)5(2)12-10(19)13-6(9(17)18)4-7(14)15/h5-6H,3-4H2,1-2H3,(H,11,16)(H,14,15)(H,17,18)(H2,12,13,19)/t5?,6-/m0/s1. The zero-order valence-corrected chi connectivity index (χ0v) is 10.6. The van der Waals surface area contributed by atoms with Gasteiger partial charge in [0.2, 0.25) is 5.91 Å². The van der Waals surface area contributed by atoms with Crippen LogP contribution in [0.4, 0.5) is 4.79 Å². The first-order chi connectivity index (χ1) is 8.77. The molecule has 0 aromatic heterocycles. The number of carboxylic acid groups (broad SMARTS) is 2. The van der Waals surface area contributed by atoms with E-state index in [1.165, 1.54) is 6.92 Å². The van der Waals surface area contributed by atoms with Crippen LogP contribution in [-0.2, 0) is 14.4 Å². The second-order valence-electron chi connectivity index (χ2n) is 3.72. The van der Waals surface area contributed by atoms with Crippen molar-refractivity contribution < 1.29 is 29.4 Å². The van der Waals surface area contributed by atoms with Crippen LogP contribution in [0.25, 0.3) is 0 Å². The highest BCUT2D eigenvalue weighted by Crippen LogP contribution is 1.93. The monoisotopic (exact) mass is 275 g/mol. The molecule has 0 aliphatic heterocycles. The number of aliphatic carboxylic acids is 2. The first-order valence-corrected chi connectivity index (χ1v) is 5.57. The molecule has 0 aliphatic carbocycles. The van der Waals surface area contributed by atoms with Crippen LogP contribution < -0.4 is 16.0 Å². The Hall–Kier alpha value is -2.32. The van der Waals surface area contributed by atoms with Gasteiger partial charge in [-0.2, -0.15) is 0 Å². The summed E-state index contributed by atoms with van der Waals surface area (Å²) >= 11 is 0. The third-order valence-electron chi connectivity index (χ3n) is 2.07. The summed E-state index contributed by atoms with van der Waals surface area (Å²) in [6.07, 6.45) is -0.752. The zero-order valence-electron chi connectivity index (χ0n) is 10.6. The minimum atomic E-state index is -1.56. The van der Waals surface area contributed by atoms with Gasteiger partial charge >= 0.3 is 18.0 Å². The van der Waals surface area contributed by atoms with E-state index in [0.717, 1.165) is 0 Å². The molecule has 9 nitrogen and oxygen atoms in total. The van der Waals surface area contributed by atoms with Gasteiger partial charge in [-0.05, 0) is 13.8 Å². The molecule has 2 atom stereocenters. The number of rotatable bonds is 7. The largest absolute Gasteiger partial charge is 0.481 e. The zero-order chi connectivity index (χ0) is 15.0. The lowest BCUT2D eigenvalue weighted by atomic mass is 10.2. The minimum Gasteiger partial charge on any atom is -0.481 e. The van der Waals surface area contributed by atoms with E-state index in [-0.39, 0.29) is 0 Å². The molecule has 0 bridgehead atoms. The fourth-order valence-corrected chi connectivity index (χ4v) is 1.16. The lowest BCUT2D eigenvalue weighted by Crippen LogP contribution is -2.52. The molecule has 5 N–H and O–H groups in total. The molecule has 108 valence electrons. The van der Waals surface area contributed by atoms with Crippen LogP contribution in [-0.4, -0.2) is 52.7 Å². The molecule has 0 radical (unpaired) electrons. The van der Waals surface area contributed by atoms with Crippen molar-refractivity contribution in [3.05, 3.63) is 0 Å². The van der Waals surface area contributed by atoms with Crippen LogP contribution in [0.5, 0.6) is 0 Å². The van der Waals surface area contributed by atoms with Crippen molar-refractivity contribution in [1.82, 2.24) is 16.0 Å². The lowest BCUT2D eigenvalue weighted by Gasteiger charge is -2.16. The van der Waals surface area contributed by atoms with Crippen molar-refractivity contribution in [2.75, 3.05) is 6.54 Å². The second kappa shape index (κ2) is 7.90. The molecule has 0 rings (SSSR count). The summed E-state index contributed by atoms with van der Waals surface area (Å²) in [5, 5.41) is 23.8. The highest BCUT2D eigenvalue weighted by Gasteiger charge is 2.24. The molecule has 19 heavy (non-hydrogen) atoms. The Morgan fingerprint density at radius 1 is 1.11 bits per heavy atom. The van der Waals surface area contributed by atoms with Crippen LogP contribution in [0.2, 0.25) is 0 Å². The Bertz CT molecular complexity index is 370. The lowest BCUT2D eigenvalue weighted by molar-refractivity contribution is -0.145. The molecular weight excluding hydrogens is 258 g/mol. The van der Waals surface area contributed by atoms with Gasteiger partial charge in [0.1, 0.15) is 12.1 Å². The van der Waals surface area contributed by atoms with Gasteiger partial charge in [0.15, 0.2) is 0 Å². The smallest absolute Gasteiger partial charge is 0.326 e. The van der Waals surface area contributed by atoms with Gasteiger partial charge in [-0.15, -0.1) is 0 Å². The number of hydrogen-bond donors (Lipinski definition) is 5. The number of carbonyl (C=O) groups is 4. The Labute approximate surface area is 109 Å². The number of carboxylic acids is 2. The van der Waals surface area contributed by atoms with Crippen LogP contribution >= 0.6 is 0 Å². The van der Waals surface area contributed by atoms with Crippen molar-refractivity contribution in [2.45, 2.75) is 32.4 Å². The van der Waals surface area contributed by atoms with Gasteiger partial charge in [-0.3, -0.25) is 9.59 Å². The van der Waals surface area contributed by atoms with Gasteiger partial charge in [-0.1, -0.05) is 0 Å². The van der Waals surface area contributed by atoms with Gasteiger partial charge in [0.25, 0.3) is 0 Å². The van der Waals surface area contributed by atoms with Crippen LogP contribution in [0.1, 0.15) is 20.3 Å². The van der Waals surface area contributed by atoms with Crippen molar-refractivity contribution in [1.29, 1.82) is 0 Å².